The van der Waals surface area contributed by atoms with Gasteiger partial charge in [-0.25, -0.2) is 10.6 Å². The Morgan fingerprint density at radius 3 is 2.81 bits per heavy atom. The Morgan fingerprint density at radius 1 is 1.38 bits per heavy atom. The molecule has 2 rings (SSSR count). The van der Waals surface area contributed by atoms with Crippen LogP contribution in [0.4, 0.5) is 14.9 Å². The number of halogens is 1. The van der Waals surface area contributed by atoms with E-state index in [1.807, 2.05) is 23.6 Å². The van der Waals surface area contributed by atoms with Gasteiger partial charge in [0.1, 0.15) is 0 Å². The number of benzene rings is 1. The summed E-state index contributed by atoms with van der Waals surface area (Å²) in [4.78, 5) is 13.3. The summed E-state index contributed by atoms with van der Waals surface area (Å²) in [5, 5.41) is 2.52. The molecule has 7 heteroatoms. The number of thioether (sulfide) groups is 1. The van der Waals surface area contributed by atoms with Crippen molar-refractivity contribution in [1.82, 2.24) is 5.43 Å². The second kappa shape index (κ2) is 7.44. The molecule has 4 N–H and O–H groups in total. The zero-order valence-corrected chi connectivity index (χ0v) is 13.1. The fourth-order valence-electron chi connectivity index (χ4n) is 1.86. The summed E-state index contributed by atoms with van der Waals surface area (Å²) in [5.41, 5.74) is 3.89. The molecule has 0 unspecified atom stereocenters. The van der Waals surface area contributed by atoms with E-state index < -0.39 is 6.03 Å². The quantitative estimate of drug-likeness (QED) is 0.339. The molecule has 0 saturated heterocycles. The Kier molecular flexibility index (Phi) is 5.60. The molecule has 112 valence electrons. The average molecular weight is 325 g/mol. The number of urea groups is 1. The van der Waals surface area contributed by atoms with Crippen molar-refractivity contribution in [3.05, 3.63) is 45.9 Å². The van der Waals surface area contributed by atoms with Crippen molar-refractivity contribution >= 4 is 34.8 Å². The largest absolute Gasteiger partial charge is 0.333 e. The Bertz CT molecular complexity index is 630. The lowest BCUT2D eigenvalue weighted by atomic mass is 10.1. The number of hydrogen-bond donors (Lipinski definition) is 3. The third-order valence-corrected chi connectivity index (χ3v) is 5.13. The number of hydrogen-bond acceptors (Lipinski definition) is 4. The van der Waals surface area contributed by atoms with Crippen molar-refractivity contribution in [2.24, 2.45) is 5.84 Å². The summed E-state index contributed by atoms with van der Waals surface area (Å²) >= 11 is 2.72. The molecule has 2 aromatic rings. The maximum atomic E-state index is 13.0. The van der Waals surface area contributed by atoms with Crippen LogP contribution in [0.5, 0.6) is 0 Å². The van der Waals surface area contributed by atoms with Gasteiger partial charge >= 0.3 is 6.03 Å². The summed E-state index contributed by atoms with van der Waals surface area (Å²) in [6, 6.07) is 8.51. The molecule has 4 nitrogen and oxygen atoms in total. The lowest BCUT2D eigenvalue weighted by molar-refractivity contribution is 0.252. The number of nitrogens with one attached hydrogen (secondary N) is 2. The van der Waals surface area contributed by atoms with E-state index >= 15 is 0 Å². The van der Waals surface area contributed by atoms with Gasteiger partial charge in [0, 0.05) is 15.5 Å². The molecule has 0 aliphatic carbocycles. The van der Waals surface area contributed by atoms with E-state index in [1.165, 1.54) is 6.07 Å². The van der Waals surface area contributed by atoms with Gasteiger partial charge in [0.2, 0.25) is 0 Å². The lowest BCUT2D eigenvalue weighted by Gasteiger charge is -2.14. The second-order valence-corrected chi connectivity index (χ2v) is 6.34. The monoisotopic (exact) mass is 325 g/mol. The zero-order chi connectivity index (χ0) is 15.2. The Labute approximate surface area is 130 Å². The van der Waals surface area contributed by atoms with E-state index in [1.54, 1.807) is 17.8 Å². The van der Waals surface area contributed by atoms with Crippen molar-refractivity contribution in [1.29, 1.82) is 0 Å². The second-order valence-electron chi connectivity index (χ2n) is 4.24. The maximum Gasteiger partial charge on any atom is 0.333 e. The smallest absolute Gasteiger partial charge is 0.306 e. The summed E-state index contributed by atoms with van der Waals surface area (Å²) in [5.74, 6) is 5.76. The van der Waals surface area contributed by atoms with Crippen LogP contribution in [0.2, 0.25) is 0 Å². The van der Waals surface area contributed by atoms with E-state index in [4.69, 9.17) is 5.84 Å². The van der Waals surface area contributed by atoms with Crippen LogP contribution in [-0.4, -0.2) is 6.03 Å². The van der Waals surface area contributed by atoms with Crippen LogP contribution in [0.1, 0.15) is 17.4 Å². The number of amides is 2. The van der Waals surface area contributed by atoms with E-state index in [0.717, 1.165) is 33.1 Å². The lowest BCUT2D eigenvalue weighted by Crippen LogP contribution is -2.34. The first-order chi connectivity index (χ1) is 10.1. The number of aryl methyl sites for hydroxylation is 1. The molecule has 0 radical (unpaired) electrons. The van der Waals surface area contributed by atoms with Gasteiger partial charge in [0.05, 0.1) is 5.69 Å². The first kappa shape index (κ1) is 15.8. The van der Waals surface area contributed by atoms with Gasteiger partial charge in [0.15, 0.2) is 5.13 Å². The third kappa shape index (κ3) is 4.20. The highest BCUT2D eigenvalue weighted by Crippen LogP contribution is 2.34. The highest BCUT2D eigenvalue weighted by Gasteiger charge is 2.11. The molecule has 0 saturated carbocycles. The van der Waals surface area contributed by atoms with Crippen LogP contribution in [0.3, 0.4) is 0 Å². The summed E-state index contributed by atoms with van der Waals surface area (Å²) in [6.45, 7) is 2.05. The first-order valence-electron chi connectivity index (χ1n) is 6.40. The van der Waals surface area contributed by atoms with Crippen LogP contribution in [0, 0.1) is 5.13 Å². The molecular weight excluding hydrogens is 309 g/mol. The number of rotatable bonds is 5. The third-order valence-electron chi connectivity index (χ3n) is 2.84. The number of anilines is 1. The van der Waals surface area contributed by atoms with Crippen molar-refractivity contribution < 1.29 is 9.18 Å². The van der Waals surface area contributed by atoms with Crippen LogP contribution < -0.4 is 16.6 Å². The fraction of sp³-hybridized carbons (Fsp3) is 0.214. The minimum atomic E-state index is -0.465. The van der Waals surface area contributed by atoms with Gasteiger partial charge in [-0.2, -0.15) is 4.39 Å². The number of carbonyl (C=O) groups excluding carboxylic acids is 1. The molecule has 0 atom stereocenters. The molecular formula is C14H16FN3OS2. The predicted molar refractivity (Wildman–Crippen MR) is 86.0 cm³/mol. The van der Waals surface area contributed by atoms with Gasteiger partial charge in [-0.15, -0.1) is 23.1 Å². The molecule has 0 bridgehead atoms. The van der Waals surface area contributed by atoms with Gasteiger partial charge in [-0.05, 0) is 30.2 Å². The van der Waals surface area contributed by atoms with E-state index in [9.17, 15) is 9.18 Å². The highest BCUT2D eigenvalue weighted by molar-refractivity contribution is 7.98. The van der Waals surface area contributed by atoms with E-state index in [-0.39, 0.29) is 5.13 Å². The summed E-state index contributed by atoms with van der Waals surface area (Å²) in [7, 11) is 0. The minimum absolute atomic E-state index is 0.185. The highest BCUT2D eigenvalue weighted by atomic mass is 32.2. The maximum absolute atomic E-state index is 13.0. The molecule has 1 heterocycles. The summed E-state index contributed by atoms with van der Waals surface area (Å²) in [6.07, 6.45) is 0.848. The molecule has 0 aliphatic heterocycles. The summed E-state index contributed by atoms with van der Waals surface area (Å²) < 4.78 is 13.0. The normalized spacial score (nSPS) is 10.4. The van der Waals surface area contributed by atoms with Crippen LogP contribution in [0.25, 0.3) is 0 Å². The van der Waals surface area contributed by atoms with E-state index in [0.29, 0.717) is 11.4 Å². The number of nitrogens with two attached hydrogens (primary N) is 1. The van der Waals surface area contributed by atoms with Crippen molar-refractivity contribution in [2.45, 2.75) is 24.0 Å². The van der Waals surface area contributed by atoms with Crippen molar-refractivity contribution in [3.8, 4) is 0 Å². The molecule has 21 heavy (non-hydrogen) atoms. The Hall–Kier alpha value is -1.57. The standard InChI is InChI=1S/C14H16FN3OS2/c1-2-9-4-3-5-11(17-14(19)18-16)13(9)20-8-10-6-7-12(15)21-10/h3-7H,2,8,16H2,1H3,(H2,17,18,19). The molecule has 0 spiro atoms. The van der Waals surface area contributed by atoms with E-state index in [2.05, 4.69) is 12.2 Å². The van der Waals surface area contributed by atoms with Gasteiger partial charge < -0.3 is 5.32 Å². The van der Waals surface area contributed by atoms with Gasteiger partial charge in [-0.1, -0.05) is 19.1 Å². The topological polar surface area (TPSA) is 67.2 Å². The molecule has 0 aliphatic rings. The zero-order valence-electron chi connectivity index (χ0n) is 11.5. The molecule has 2 amide bonds. The van der Waals surface area contributed by atoms with Crippen molar-refractivity contribution in [2.75, 3.05) is 5.32 Å². The number of carbonyl (C=O) groups is 1. The minimum Gasteiger partial charge on any atom is -0.306 e. The van der Waals surface area contributed by atoms with Crippen molar-refractivity contribution in [3.63, 3.8) is 0 Å². The fourth-order valence-corrected chi connectivity index (χ4v) is 3.85. The molecule has 0 fully saturated rings. The Balaban J connectivity index is 2.20. The Morgan fingerprint density at radius 2 is 2.19 bits per heavy atom. The van der Waals surface area contributed by atoms with Crippen LogP contribution >= 0.6 is 23.1 Å². The molecule has 1 aromatic heterocycles. The predicted octanol–water partition coefficient (Wildman–Crippen LogP) is 3.74. The first-order valence-corrected chi connectivity index (χ1v) is 8.20. The van der Waals surface area contributed by atoms with Gasteiger partial charge in [-0.3, -0.25) is 5.43 Å². The number of hydrazine groups is 1. The van der Waals surface area contributed by atoms with Crippen LogP contribution in [-0.2, 0) is 12.2 Å². The number of thiophene rings is 1. The SMILES string of the molecule is CCc1cccc(NC(=O)NN)c1SCc1ccc(F)s1. The molecule has 1 aromatic carbocycles. The van der Waals surface area contributed by atoms with Gasteiger partial charge in [0.25, 0.3) is 0 Å². The van der Waals surface area contributed by atoms with Crippen LogP contribution in [0.15, 0.2) is 35.2 Å². The average Bonchev–Trinajstić information content (AvgIpc) is 2.91.